The van der Waals surface area contributed by atoms with Crippen LogP contribution in [0.1, 0.15) is 16.7 Å². The summed E-state index contributed by atoms with van der Waals surface area (Å²) < 4.78 is 16.1. The Hall–Kier alpha value is -3.08. The maximum atomic E-state index is 5.79. The van der Waals surface area contributed by atoms with Gasteiger partial charge in [-0.05, 0) is 36.1 Å². The highest BCUT2D eigenvalue weighted by molar-refractivity contribution is 5.69. The van der Waals surface area contributed by atoms with Crippen molar-refractivity contribution in [3.63, 3.8) is 0 Å². The zero-order valence-electron chi connectivity index (χ0n) is 15.4. The van der Waals surface area contributed by atoms with Crippen LogP contribution in [0, 0.1) is 13.8 Å². The predicted octanol–water partition coefficient (Wildman–Crippen LogP) is 4.36. The molecule has 0 aliphatic carbocycles. The molecule has 2 aromatic carbocycles. The first-order valence-electron chi connectivity index (χ1n) is 8.36. The van der Waals surface area contributed by atoms with Crippen molar-refractivity contribution in [2.45, 2.75) is 20.5 Å². The second kappa shape index (κ2) is 7.87. The standard InChI is InChI=1S/C21H22N2O3/c1-14-7-5-8-16(11-14)18-10-6-9-17(15(18)2)13-26-21-22-19(24-3)12-20(23-21)25-4/h5-12H,13H2,1-4H3. The first-order chi connectivity index (χ1) is 12.6. The lowest BCUT2D eigenvalue weighted by Crippen LogP contribution is -2.04. The largest absolute Gasteiger partial charge is 0.481 e. The Labute approximate surface area is 153 Å². The summed E-state index contributed by atoms with van der Waals surface area (Å²) in [7, 11) is 3.09. The van der Waals surface area contributed by atoms with Gasteiger partial charge in [0.05, 0.1) is 20.3 Å². The van der Waals surface area contributed by atoms with E-state index in [4.69, 9.17) is 14.2 Å². The highest BCUT2D eigenvalue weighted by Gasteiger charge is 2.10. The number of methoxy groups -OCH3 is 2. The molecule has 26 heavy (non-hydrogen) atoms. The van der Waals surface area contributed by atoms with Gasteiger partial charge in [-0.15, -0.1) is 0 Å². The number of hydrogen-bond donors (Lipinski definition) is 0. The number of aromatic nitrogens is 2. The molecule has 1 aromatic heterocycles. The van der Waals surface area contributed by atoms with Gasteiger partial charge in [0.15, 0.2) is 0 Å². The van der Waals surface area contributed by atoms with Crippen molar-refractivity contribution >= 4 is 0 Å². The molecule has 0 radical (unpaired) electrons. The average Bonchev–Trinajstić information content (AvgIpc) is 2.66. The first-order valence-corrected chi connectivity index (χ1v) is 8.36. The Morgan fingerprint density at radius 2 is 1.54 bits per heavy atom. The van der Waals surface area contributed by atoms with Crippen LogP contribution in [0.3, 0.4) is 0 Å². The Kier molecular flexibility index (Phi) is 5.37. The molecule has 0 amide bonds. The fourth-order valence-corrected chi connectivity index (χ4v) is 2.76. The van der Waals surface area contributed by atoms with Crippen LogP contribution in [0.5, 0.6) is 17.8 Å². The number of rotatable bonds is 6. The van der Waals surface area contributed by atoms with Gasteiger partial charge in [0.2, 0.25) is 11.8 Å². The second-order valence-corrected chi connectivity index (χ2v) is 5.98. The second-order valence-electron chi connectivity index (χ2n) is 5.98. The van der Waals surface area contributed by atoms with Crippen LogP contribution in [-0.2, 0) is 6.61 Å². The monoisotopic (exact) mass is 350 g/mol. The summed E-state index contributed by atoms with van der Waals surface area (Å²) in [6, 6.07) is 16.5. The minimum atomic E-state index is 0.224. The molecule has 0 aliphatic rings. The van der Waals surface area contributed by atoms with E-state index in [9.17, 15) is 0 Å². The summed E-state index contributed by atoms with van der Waals surface area (Å²) in [5.41, 5.74) is 5.88. The van der Waals surface area contributed by atoms with E-state index in [-0.39, 0.29) is 6.01 Å². The zero-order valence-corrected chi connectivity index (χ0v) is 15.4. The lowest BCUT2D eigenvalue weighted by atomic mass is 9.96. The van der Waals surface area contributed by atoms with Crippen molar-refractivity contribution in [3.8, 4) is 28.9 Å². The van der Waals surface area contributed by atoms with Crippen molar-refractivity contribution in [1.29, 1.82) is 0 Å². The van der Waals surface area contributed by atoms with Crippen molar-refractivity contribution in [2.24, 2.45) is 0 Å². The Balaban J connectivity index is 1.84. The van der Waals surface area contributed by atoms with Crippen molar-refractivity contribution in [2.75, 3.05) is 14.2 Å². The van der Waals surface area contributed by atoms with Crippen LogP contribution in [0.25, 0.3) is 11.1 Å². The number of nitrogens with zero attached hydrogens (tertiary/aromatic N) is 2. The molecule has 0 saturated heterocycles. The Bertz CT molecular complexity index is 887. The molecular formula is C21H22N2O3. The van der Waals surface area contributed by atoms with E-state index < -0.39 is 0 Å². The summed E-state index contributed by atoms with van der Waals surface area (Å²) in [4.78, 5) is 8.40. The van der Waals surface area contributed by atoms with Crippen molar-refractivity contribution < 1.29 is 14.2 Å². The van der Waals surface area contributed by atoms with Crippen LogP contribution in [0.2, 0.25) is 0 Å². The molecule has 5 nitrogen and oxygen atoms in total. The molecule has 0 aliphatic heterocycles. The molecule has 0 fully saturated rings. The third kappa shape index (κ3) is 3.94. The quantitative estimate of drug-likeness (QED) is 0.661. The molecule has 5 heteroatoms. The SMILES string of the molecule is COc1cc(OC)nc(OCc2cccc(-c3cccc(C)c3)c2C)n1. The molecule has 0 N–H and O–H groups in total. The number of hydrogen-bond acceptors (Lipinski definition) is 5. The average molecular weight is 350 g/mol. The van der Waals surface area contributed by atoms with Crippen LogP contribution >= 0.6 is 0 Å². The van der Waals surface area contributed by atoms with Crippen LogP contribution < -0.4 is 14.2 Å². The molecule has 3 aromatic rings. The maximum absolute atomic E-state index is 5.79. The molecule has 0 spiro atoms. The third-order valence-electron chi connectivity index (χ3n) is 4.21. The fraction of sp³-hybridized carbons (Fsp3) is 0.238. The zero-order chi connectivity index (χ0) is 18.5. The smallest absolute Gasteiger partial charge is 0.323 e. The van der Waals surface area contributed by atoms with E-state index in [1.165, 1.54) is 22.3 Å². The van der Waals surface area contributed by atoms with Gasteiger partial charge < -0.3 is 14.2 Å². The third-order valence-corrected chi connectivity index (χ3v) is 4.21. The van der Waals surface area contributed by atoms with Gasteiger partial charge in [-0.1, -0.05) is 48.0 Å². The summed E-state index contributed by atoms with van der Waals surface area (Å²) in [5, 5.41) is 0. The normalized spacial score (nSPS) is 10.5. The van der Waals surface area contributed by atoms with Gasteiger partial charge in [0.25, 0.3) is 0 Å². The van der Waals surface area contributed by atoms with E-state index in [0.29, 0.717) is 18.4 Å². The minimum Gasteiger partial charge on any atom is -0.481 e. The maximum Gasteiger partial charge on any atom is 0.323 e. The van der Waals surface area contributed by atoms with Gasteiger partial charge in [0.1, 0.15) is 6.61 Å². The minimum absolute atomic E-state index is 0.224. The molecule has 134 valence electrons. The summed E-state index contributed by atoms with van der Waals surface area (Å²) in [6.07, 6.45) is 0. The van der Waals surface area contributed by atoms with Gasteiger partial charge >= 0.3 is 6.01 Å². The Morgan fingerprint density at radius 3 is 2.19 bits per heavy atom. The predicted molar refractivity (Wildman–Crippen MR) is 101 cm³/mol. The first kappa shape index (κ1) is 17.7. The molecule has 3 rings (SSSR count). The fourth-order valence-electron chi connectivity index (χ4n) is 2.76. The van der Waals surface area contributed by atoms with Crippen molar-refractivity contribution in [1.82, 2.24) is 9.97 Å². The van der Waals surface area contributed by atoms with Gasteiger partial charge in [0, 0.05) is 0 Å². The van der Waals surface area contributed by atoms with E-state index in [1.807, 2.05) is 12.1 Å². The van der Waals surface area contributed by atoms with Gasteiger partial charge in [-0.3, -0.25) is 0 Å². The van der Waals surface area contributed by atoms with Crippen LogP contribution in [0.4, 0.5) is 0 Å². The molecule has 1 heterocycles. The summed E-state index contributed by atoms with van der Waals surface area (Å²) in [6.45, 7) is 4.56. The summed E-state index contributed by atoms with van der Waals surface area (Å²) >= 11 is 0. The summed E-state index contributed by atoms with van der Waals surface area (Å²) in [5.74, 6) is 0.800. The topological polar surface area (TPSA) is 53.5 Å². The van der Waals surface area contributed by atoms with Gasteiger partial charge in [-0.2, -0.15) is 9.97 Å². The van der Waals surface area contributed by atoms with E-state index >= 15 is 0 Å². The number of ether oxygens (including phenoxy) is 3. The lowest BCUT2D eigenvalue weighted by Gasteiger charge is -2.13. The number of benzene rings is 2. The molecule has 0 unspecified atom stereocenters. The molecule has 0 saturated carbocycles. The highest BCUT2D eigenvalue weighted by Crippen LogP contribution is 2.27. The van der Waals surface area contributed by atoms with Crippen molar-refractivity contribution in [3.05, 3.63) is 65.2 Å². The molecule has 0 bridgehead atoms. The Morgan fingerprint density at radius 1 is 0.846 bits per heavy atom. The van der Waals surface area contributed by atoms with E-state index in [2.05, 4.69) is 54.1 Å². The lowest BCUT2D eigenvalue weighted by molar-refractivity contribution is 0.265. The van der Waals surface area contributed by atoms with Crippen LogP contribution in [-0.4, -0.2) is 24.2 Å². The van der Waals surface area contributed by atoms with E-state index in [1.54, 1.807) is 20.3 Å². The molecule has 0 atom stereocenters. The van der Waals surface area contributed by atoms with Crippen LogP contribution in [0.15, 0.2) is 48.5 Å². The molecular weight excluding hydrogens is 328 g/mol. The number of aryl methyl sites for hydroxylation is 1. The van der Waals surface area contributed by atoms with E-state index in [0.717, 1.165) is 5.56 Å². The van der Waals surface area contributed by atoms with Gasteiger partial charge in [-0.25, -0.2) is 0 Å². The highest BCUT2D eigenvalue weighted by atomic mass is 16.5.